The zero-order chi connectivity index (χ0) is 25.3. The van der Waals surface area contributed by atoms with Gasteiger partial charge in [0.25, 0.3) is 0 Å². The summed E-state index contributed by atoms with van der Waals surface area (Å²) in [5.74, 6) is -2.83. The topological polar surface area (TPSA) is 59.3 Å². The lowest BCUT2D eigenvalue weighted by Crippen LogP contribution is -2.26. The first kappa shape index (κ1) is 25.1. The van der Waals surface area contributed by atoms with Gasteiger partial charge in [-0.15, -0.1) is 0 Å². The molecule has 3 rings (SSSR count). The van der Waals surface area contributed by atoms with Crippen molar-refractivity contribution in [2.24, 2.45) is 17.3 Å². The van der Waals surface area contributed by atoms with E-state index in [1.165, 1.54) is 26.0 Å². The van der Waals surface area contributed by atoms with Crippen molar-refractivity contribution in [2.45, 2.75) is 32.3 Å². The molecule has 0 heterocycles. The number of rotatable bonds is 6. The number of carbonyl (C=O) groups is 1. The highest BCUT2D eigenvalue weighted by molar-refractivity contribution is 5.79. The molecule has 10 heteroatoms. The highest BCUT2D eigenvalue weighted by atomic mass is 19.4. The Morgan fingerprint density at radius 2 is 1.59 bits per heavy atom. The van der Waals surface area contributed by atoms with Gasteiger partial charge in [-0.25, -0.2) is 0 Å². The number of nitriles is 1. The summed E-state index contributed by atoms with van der Waals surface area (Å²) in [6, 6.07) is 16.6. The number of para-hydroxylation sites is 1. The molecule has 0 spiro atoms. The molecule has 0 aliphatic heterocycles. The standard InChI is InChI=1S/C24H19F6NO3/c1-22(2)17(12-19(23(25,26)27)24(28,29)30)20(22)21(32)34-18(13-31)14-7-6-10-16(11-14)33-15-8-4-3-5-9-15/h3-12,17-18,20H,1-2H3/t17-,18?,20+/m1/s1. The van der Waals surface area contributed by atoms with Crippen LogP contribution in [0.25, 0.3) is 0 Å². The average Bonchev–Trinajstić information content (AvgIpc) is 3.29. The molecule has 1 aliphatic carbocycles. The minimum atomic E-state index is -5.63. The molecule has 1 fully saturated rings. The van der Waals surface area contributed by atoms with Gasteiger partial charge in [0.15, 0.2) is 0 Å². The summed E-state index contributed by atoms with van der Waals surface area (Å²) >= 11 is 0. The van der Waals surface area contributed by atoms with Crippen LogP contribution < -0.4 is 4.74 Å². The van der Waals surface area contributed by atoms with Gasteiger partial charge in [0.2, 0.25) is 6.10 Å². The van der Waals surface area contributed by atoms with E-state index in [0.29, 0.717) is 11.5 Å². The molecule has 180 valence electrons. The molecule has 0 amide bonds. The average molecular weight is 483 g/mol. The maximum atomic E-state index is 12.9. The van der Waals surface area contributed by atoms with Crippen LogP contribution in [-0.2, 0) is 9.53 Å². The molecule has 4 nitrogen and oxygen atoms in total. The number of halogens is 6. The second-order valence-corrected chi connectivity index (χ2v) is 8.33. The van der Waals surface area contributed by atoms with Crippen LogP contribution in [0.15, 0.2) is 66.2 Å². The molecule has 0 radical (unpaired) electrons. The van der Waals surface area contributed by atoms with E-state index < -0.39 is 47.2 Å². The number of carbonyl (C=O) groups excluding carboxylic acids is 1. The Hall–Kier alpha value is -3.48. The summed E-state index contributed by atoms with van der Waals surface area (Å²) < 4.78 is 88.3. The van der Waals surface area contributed by atoms with Gasteiger partial charge < -0.3 is 9.47 Å². The normalized spacial score (nSPS) is 20.0. The van der Waals surface area contributed by atoms with Crippen molar-refractivity contribution in [3.63, 3.8) is 0 Å². The summed E-state index contributed by atoms with van der Waals surface area (Å²) in [5.41, 5.74) is -3.64. The number of ether oxygens (including phenoxy) is 2. The van der Waals surface area contributed by atoms with E-state index in [4.69, 9.17) is 9.47 Å². The second-order valence-electron chi connectivity index (χ2n) is 8.33. The molecule has 3 atom stereocenters. The molecule has 0 aromatic heterocycles. The molecular formula is C24H19F6NO3. The molecule has 0 bridgehead atoms. The molecule has 0 saturated heterocycles. The van der Waals surface area contributed by atoms with Gasteiger partial charge in [0, 0.05) is 5.56 Å². The second kappa shape index (κ2) is 9.05. The number of hydrogen-bond acceptors (Lipinski definition) is 4. The van der Waals surface area contributed by atoms with E-state index in [9.17, 15) is 36.4 Å². The first-order valence-corrected chi connectivity index (χ1v) is 10.0. The van der Waals surface area contributed by atoms with Gasteiger partial charge in [-0.3, -0.25) is 4.79 Å². The minimum Gasteiger partial charge on any atom is -0.457 e. The largest absolute Gasteiger partial charge is 0.457 e. The number of nitrogens with zero attached hydrogens (tertiary/aromatic N) is 1. The zero-order valence-corrected chi connectivity index (χ0v) is 17.9. The van der Waals surface area contributed by atoms with Gasteiger partial charge in [0.1, 0.15) is 23.1 Å². The Bertz CT molecular complexity index is 1100. The van der Waals surface area contributed by atoms with Crippen LogP contribution in [0.3, 0.4) is 0 Å². The van der Waals surface area contributed by atoms with Crippen molar-refractivity contribution in [3.05, 3.63) is 71.8 Å². The van der Waals surface area contributed by atoms with Gasteiger partial charge in [0.05, 0.1) is 5.92 Å². The molecular weight excluding hydrogens is 464 g/mol. The lowest BCUT2D eigenvalue weighted by atomic mass is 10.1. The van der Waals surface area contributed by atoms with Crippen molar-refractivity contribution in [3.8, 4) is 17.6 Å². The van der Waals surface area contributed by atoms with E-state index >= 15 is 0 Å². The fourth-order valence-corrected chi connectivity index (χ4v) is 3.69. The molecule has 2 aromatic rings. The Balaban J connectivity index is 1.77. The third-order valence-electron chi connectivity index (χ3n) is 5.61. The first-order chi connectivity index (χ1) is 15.7. The van der Waals surface area contributed by atoms with Crippen molar-refractivity contribution in [1.29, 1.82) is 5.26 Å². The smallest absolute Gasteiger partial charge is 0.421 e. The third kappa shape index (κ3) is 5.53. The van der Waals surface area contributed by atoms with E-state index in [-0.39, 0.29) is 11.6 Å². The summed E-state index contributed by atoms with van der Waals surface area (Å²) in [4.78, 5) is 12.6. The Morgan fingerprint density at radius 1 is 1.00 bits per heavy atom. The third-order valence-corrected chi connectivity index (χ3v) is 5.61. The van der Waals surface area contributed by atoms with Crippen molar-refractivity contribution in [2.75, 3.05) is 0 Å². The van der Waals surface area contributed by atoms with E-state index in [2.05, 4.69) is 0 Å². The molecule has 1 aliphatic rings. The summed E-state index contributed by atoms with van der Waals surface area (Å²) in [6.07, 6.45) is -12.7. The molecule has 1 unspecified atom stereocenters. The number of esters is 1. The summed E-state index contributed by atoms with van der Waals surface area (Å²) in [7, 11) is 0. The van der Waals surface area contributed by atoms with Gasteiger partial charge in [-0.05, 0) is 35.6 Å². The SMILES string of the molecule is CC1(C)[C@H](C=C(C(F)(F)F)C(F)(F)F)[C@H]1C(=O)OC(C#N)c1cccc(Oc2ccccc2)c1. The number of hydrogen-bond donors (Lipinski definition) is 0. The van der Waals surface area contributed by atoms with Crippen molar-refractivity contribution < 1.29 is 40.6 Å². The Morgan fingerprint density at radius 3 is 2.15 bits per heavy atom. The van der Waals surface area contributed by atoms with Gasteiger partial charge >= 0.3 is 18.3 Å². The summed E-state index contributed by atoms with van der Waals surface area (Å²) in [6.45, 7) is 2.72. The highest BCUT2D eigenvalue weighted by Gasteiger charge is 2.64. The predicted octanol–water partition coefficient (Wildman–Crippen LogP) is 6.91. The van der Waals surface area contributed by atoms with Crippen molar-refractivity contribution >= 4 is 5.97 Å². The quantitative estimate of drug-likeness (QED) is 0.255. The van der Waals surface area contributed by atoms with Crippen LogP contribution in [-0.4, -0.2) is 18.3 Å². The highest BCUT2D eigenvalue weighted by Crippen LogP contribution is 2.61. The van der Waals surface area contributed by atoms with Crippen LogP contribution in [0, 0.1) is 28.6 Å². The van der Waals surface area contributed by atoms with Crippen LogP contribution in [0.1, 0.15) is 25.5 Å². The van der Waals surface area contributed by atoms with Crippen LogP contribution in [0.4, 0.5) is 26.3 Å². The van der Waals surface area contributed by atoms with E-state index in [1.54, 1.807) is 48.5 Å². The molecule has 1 saturated carbocycles. The van der Waals surface area contributed by atoms with Crippen LogP contribution >= 0.6 is 0 Å². The van der Waals surface area contributed by atoms with Gasteiger partial charge in [-0.1, -0.05) is 50.3 Å². The molecule has 34 heavy (non-hydrogen) atoms. The maximum absolute atomic E-state index is 12.9. The number of benzene rings is 2. The lowest BCUT2D eigenvalue weighted by Gasteiger charge is -2.15. The first-order valence-electron chi connectivity index (χ1n) is 10.0. The van der Waals surface area contributed by atoms with Crippen LogP contribution in [0.5, 0.6) is 11.5 Å². The van der Waals surface area contributed by atoms with Crippen LogP contribution in [0.2, 0.25) is 0 Å². The van der Waals surface area contributed by atoms with E-state index in [0.717, 1.165) is 0 Å². The maximum Gasteiger partial charge on any atom is 0.421 e. The van der Waals surface area contributed by atoms with E-state index in [1.807, 2.05) is 0 Å². The Kier molecular flexibility index (Phi) is 6.69. The zero-order valence-electron chi connectivity index (χ0n) is 17.9. The lowest BCUT2D eigenvalue weighted by molar-refractivity contribution is -0.172. The fraction of sp³-hybridized carbons (Fsp3) is 0.333. The van der Waals surface area contributed by atoms with Gasteiger partial charge in [-0.2, -0.15) is 31.6 Å². The number of allylic oxidation sites excluding steroid dienone is 2. The fourth-order valence-electron chi connectivity index (χ4n) is 3.69. The number of alkyl halides is 6. The van der Waals surface area contributed by atoms with Crippen molar-refractivity contribution in [1.82, 2.24) is 0 Å². The Labute approximate surface area is 191 Å². The minimum absolute atomic E-state index is 0.0294. The predicted molar refractivity (Wildman–Crippen MR) is 108 cm³/mol. The molecule has 0 N–H and O–H groups in total. The monoisotopic (exact) mass is 483 g/mol. The molecule has 2 aromatic carbocycles. The summed E-state index contributed by atoms with van der Waals surface area (Å²) in [5, 5.41) is 9.49.